The maximum absolute atomic E-state index is 5.97. The molecule has 0 aromatic heterocycles. The predicted molar refractivity (Wildman–Crippen MR) is 137 cm³/mol. The highest BCUT2D eigenvalue weighted by atomic mass is 127. The highest BCUT2D eigenvalue weighted by Crippen LogP contribution is 2.34. The Bertz CT molecular complexity index is 920. The van der Waals surface area contributed by atoms with Crippen molar-refractivity contribution in [2.75, 3.05) is 31.2 Å². The van der Waals surface area contributed by atoms with Gasteiger partial charge in [-0.2, -0.15) is 0 Å². The number of hydrogen-bond acceptors (Lipinski definition) is 2. The van der Waals surface area contributed by atoms with Crippen LogP contribution in [0.1, 0.15) is 30.0 Å². The second kappa shape index (κ2) is 11.9. The van der Waals surface area contributed by atoms with Crippen LogP contribution in [0.25, 0.3) is 11.1 Å². The lowest BCUT2D eigenvalue weighted by Gasteiger charge is -2.17. The fourth-order valence-corrected chi connectivity index (χ4v) is 4.40. The zero-order chi connectivity index (χ0) is 21.2. The molecule has 0 heterocycles. The summed E-state index contributed by atoms with van der Waals surface area (Å²) < 4.78 is 7.11. The molecule has 0 radical (unpaired) electrons. The van der Waals surface area contributed by atoms with Crippen molar-refractivity contribution >= 4 is 33.7 Å². The summed E-state index contributed by atoms with van der Waals surface area (Å²) in [6.45, 7) is 4.97. The molecule has 0 aliphatic rings. The van der Waals surface area contributed by atoms with Gasteiger partial charge in [0.25, 0.3) is 0 Å². The molecule has 156 valence electrons. The Morgan fingerprint density at radius 3 is 1.90 bits per heavy atom. The lowest BCUT2D eigenvalue weighted by molar-refractivity contribution is 0.245. The zero-order valence-electron chi connectivity index (χ0n) is 17.9. The van der Waals surface area contributed by atoms with Crippen molar-refractivity contribution in [3.8, 4) is 5.75 Å². The molecular formula is C27H30INO. The topological polar surface area (TPSA) is 12.5 Å². The van der Waals surface area contributed by atoms with E-state index in [0.717, 1.165) is 29.7 Å². The van der Waals surface area contributed by atoms with E-state index >= 15 is 0 Å². The summed E-state index contributed by atoms with van der Waals surface area (Å²) in [6, 6.07) is 29.9. The van der Waals surface area contributed by atoms with Crippen LogP contribution < -0.4 is 4.74 Å². The minimum Gasteiger partial charge on any atom is -0.492 e. The molecule has 0 unspecified atom stereocenters. The van der Waals surface area contributed by atoms with Crippen LogP contribution in [0, 0.1) is 0 Å². The van der Waals surface area contributed by atoms with Gasteiger partial charge in [-0.1, -0.05) is 102 Å². The van der Waals surface area contributed by atoms with E-state index in [1.807, 2.05) is 0 Å². The molecule has 0 fully saturated rings. The SMILES string of the molecule is CC/C(=C(\c1ccccc1)c1ccc(OCCN(C)CCI)cc1)c1ccccc1. The number of ether oxygens (including phenoxy) is 1. The quantitative estimate of drug-likeness (QED) is 0.169. The Kier molecular flexibility index (Phi) is 8.97. The summed E-state index contributed by atoms with van der Waals surface area (Å²) >= 11 is 2.41. The van der Waals surface area contributed by atoms with Crippen LogP contribution in [0.5, 0.6) is 5.75 Å². The highest BCUT2D eigenvalue weighted by molar-refractivity contribution is 14.1. The number of halogens is 1. The molecule has 0 spiro atoms. The summed E-state index contributed by atoms with van der Waals surface area (Å²) in [5.41, 5.74) is 6.38. The average molecular weight is 511 g/mol. The van der Waals surface area contributed by atoms with E-state index < -0.39 is 0 Å². The van der Waals surface area contributed by atoms with Crippen LogP contribution in [0.3, 0.4) is 0 Å². The number of alkyl halides is 1. The third-order valence-corrected chi connectivity index (χ3v) is 5.67. The molecule has 0 aliphatic heterocycles. The van der Waals surface area contributed by atoms with Crippen LogP contribution >= 0.6 is 22.6 Å². The maximum atomic E-state index is 5.97. The molecule has 3 aromatic carbocycles. The van der Waals surface area contributed by atoms with Crippen molar-refractivity contribution in [3.05, 3.63) is 102 Å². The first-order valence-corrected chi connectivity index (χ1v) is 12.1. The summed E-state index contributed by atoms with van der Waals surface area (Å²) in [5, 5.41) is 0. The van der Waals surface area contributed by atoms with Gasteiger partial charge in [-0.25, -0.2) is 0 Å². The van der Waals surface area contributed by atoms with E-state index in [4.69, 9.17) is 4.74 Å². The Morgan fingerprint density at radius 2 is 1.33 bits per heavy atom. The van der Waals surface area contributed by atoms with Gasteiger partial charge in [0.1, 0.15) is 12.4 Å². The molecule has 0 saturated carbocycles. The van der Waals surface area contributed by atoms with Crippen molar-refractivity contribution in [1.82, 2.24) is 4.90 Å². The van der Waals surface area contributed by atoms with Crippen molar-refractivity contribution in [2.24, 2.45) is 0 Å². The Labute approximate surface area is 194 Å². The molecule has 0 saturated heterocycles. The molecule has 0 aliphatic carbocycles. The lowest BCUT2D eigenvalue weighted by atomic mass is 9.88. The third-order valence-electron chi connectivity index (χ3n) is 5.19. The number of nitrogens with zero attached hydrogens (tertiary/aromatic N) is 1. The van der Waals surface area contributed by atoms with Gasteiger partial charge in [0, 0.05) is 17.5 Å². The highest BCUT2D eigenvalue weighted by Gasteiger charge is 2.13. The fraction of sp³-hybridized carbons (Fsp3) is 0.259. The van der Waals surface area contributed by atoms with Crippen molar-refractivity contribution in [3.63, 3.8) is 0 Å². The van der Waals surface area contributed by atoms with E-state index in [9.17, 15) is 0 Å². The number of allylic oxidation sites excluding steroid dienone is 1. The predicted octanol–water partition coefficient (Wildman–Crippen LogP) is 6.80. The van der Waals surface area contributed by atoms with Crippen molar-refractivity contribution in [2.45, 2.75) is 13.3 Å². The van der Waals surface area contributed by atoms with E-state index in [2.05, 4.69) is 126 Å². The van der Waals surface area contributed by atoms with Gasteiger partial charge < -0.3 is 9.64 Å². The average Bonchev–Trinajstić information content (AvgIpc) is 2.79. The normalized spacial score (nSPS) is 12.0. The number of likely N-dealkylation sites (N-methyl/N-ethyl adjacent to an activating group) is 1. The third kappa shape index (κ3) is 6.19. The van der Waals surface area contributed by atoms with E-state index in [1.165, 1.54) is 27.8 Å². The number of hydrogen-bond donors (Lipinski definition) is 0. The van der Waals surface area contributed by atoms with E-state index in [0.29, 0.717) is 6.61 Å². The smallest absolute Gasteiger partial charge is 0.119 e. The monoisotopic (exact) mass is 511 g/mol. The van der Waals surface area contributed by atoms with E-state index in [-0.39, 0.29) is 0 Å². The van der Waals surface area contributed by atoms with Gasteiger partial charge in [0.2, 0.25) is 0 Å². The first-order valence-electron chi connectivity index (χ1n) is 10.5. The molecule has 3 heteroatoms. The van der Waals surface area contributed by atoms with Gasteiger partial charge in [-0.3, -0.25) is 0 Å². The minimum atomic E-state index is 0.706. The molecule has 0 atom stereocenters. The summed E-state index contributed by atoms with van der Waals surface area (Å²) in [6.07, 6.45) is 0.968. The van der Waals surface area contributed by atoms with Gasteiger partial charge >= 0.3 is 0 Å². The van der Waals surface area contributed by atoms with Crippen LogP contribution in [-0.2, 0) is 0 Å². The molecule has 2 nitrogen and oxygen atoms in total. The standard InChI is InChI=1S/C27H30INO/c1-3-26(22-10-6-4-7-11-22)27(23-12-8-5-9-13-23)24-14-16-25(17-15-24)30-21-20-29(2)19-18-28/h4-17H,3,18-21H2,1-2H3/b27-26-. The molecule has 0 N–H and O–H groups in total. The molecular weight excluding hydrogens is 481 g/mol. The fourth-order valence-electron chi connectivity index (χ4n) is 3.58. The van der Waals surface area contributed by atoms with Crippen molar-refractivity contribution < 1.29 is 4.74 Å². The van der Waals surface area contributed by atoms with E-state index in [1.54, 1.807) is 0 Å². The molecule has 30 heavy (non-hydrogen) atoms. The maximum Gasteiger partial charge on any atom is 0.119 e. The van der Waals surface area contributed by atoms with Gasteiger partial charge in [0.05, 0.1) is 0 Å². The first-order chi connectivity index (χ1) is 14.7. The van der Waals surface area contributed by atoms with Crippen LogP contribution in [0.2, 0.25) is 0 Å². The number of rotatable bonds is 10. The zero-order valence-corrected chi connectivity index (χ0v) is 20.0. The van der Waals surface area contributed by atoms with Gasteiger partial charge in [-0.15, -0.1) is 0 Å². The summed E-state index contributed by atoms with van der Waals surface area (Å²) in [4.78, 5) is 2.30. The summed E-state index contributed by atoms with van der Waals surface area (Å²) in [7, 11) is 2.14. The Morgan fingerprint density at radius 1 is 0.767 bits per heavy atom. The minimum absolute atomic E-state index is 0.706. The molecule has 3 aromatic rings. The van der Waals surface area contributed by atoms with Crippen LogP contribution in [0.4, 0.5) is 0 Å². The van der Waals surface area contributed by atoms with Crippen LogP contribution in [0.15, 0.2) is 84.9 Å². The van der Waals surface area contributed by atoms with Crippen molar-refractivity contribution in [1.29, 1.82) is 0 Å². The van der Waals surface area contributed by atoms with Gasteiger partial charge in [-0.05, 0) is 53.4 Å². The molecule has 0 bridgehead atoms. The van der Waals surface area contributed by atoms with Crippen LogP contribution in [-0.4, -0.2) is 36.1 Å². The first kappa shape index (κ1) is 22.6. The second-order valence-electron chi connectivity index (χ2n) is 7.30. The van der Waals surface area contributed by atoms with Gasteiger partial charge in [0.15, 0.2) is 0 Å². The summed E-state index contributed by atoms with van der Waals surface area (Å²) in [5.74, 6) is 0.923. The lowest BCUT2D eigenvalue weighted by Crippen LogP contribution is -2.25. The number of benzene rings is 3. The Balaban J connectivity index is 1.89. The second-order valence-corrected chi connectivity index (χ2v) is 8.38. The largest absolute Gasteiger partial charge is 0.492 e. The Hall–Kier alpha value is -2.11. The molecule has 3 rings (SSSR count). The molecule has 0 amide bonds.